The number of nitro groups is 1. The summed E-state index contributed by atoms with van der Waals surface area (Å²) in [4.78, 5) is 33.2. The smallest absolute Gasteiger partial charge is 0.414 e. The van der Waals surface area contributed by atoms with Gasteiger partial charge in [0.25, 0.3) is 11.6 Å². The summed E-state index contributed by atoms with van der Waals surface area (Å²) in [5.41, 5.74) is 0.783. The monoisotopic (exact) mass is 300 g/mol. The first-order valence-corrected chi connectivity index (χ1v) is 6.33. The van der Waals surface area contributed by atoms with Crippen LogP contribution in [0.15, 0.2) is 54.6 Å². The number of benzene rings is 2. The third-order valence-corrected chi connectivity index (χ3v) is 2.77. The molecule has 2 aromatic carbocycles. The Balaban J connectivity index is 1.88. The van der Waals surface area contributed by atoms with Gasteiger partial charge in [-0.1, -0.05) is 30.3 Å². The van der Waals surface area contributed by atoms with Crippen molar-refractivity contribution < 1.29 is 19.2 Å². The molecule has 0 aliphatic carbocycles. The van der Waals surface area contributed by atoms with Crippen molar-refractivity contribution in [3.63, 3.8) is 0 Å². The average molecular weight is 300 g/mol. The van der Waals surface area contributed by atoms with Crippen LogP contribution in [0.5, 0.6) is 0 Å². The van der Waals surface area contributed by atoms with Gasteiger partial charge in [0, 0.05) is 17.7 Å². The highest BCUT2D eigenvalue weighted by Crippen LogP contribution is 2.11. The van der Waals surface area contributed by atoms with Gasteiger partial charge in [-0.15, -0.1) is 0 Å². The number of nitrogens with zero attached hydrogens (tertiary/aromatic N) is 1. The molecule has 7 nitrogen and oxygen atoms in total. The first-order valence-electron chi connectivity index (χ1n) is 6.33. The fraction of sp³-hybridized carbons (Fsp3) is 0.0667. The predicted molar refractivity (Wildman–Crippen MR) is 77.2 cm³/mol. The number of nitro benzene ring substituents is 1. The van der Waals surface area contributed by atoms with E-state index >= 15 is 0 Å². The van der Waals surface area contributed by atoms with Crippen LogP contribution in [0, 0.1) is 10.1 Å². The molecular weight excluding hydrogens is 288 g/mol. The average Bonchev–Trinajstić information content (AvgIpc) is 2.54. The lowest BCUT2D eigenvalue weighted by Crippen LogP contribution is -2.30. The Labute approximate surface area is 125 Å². The molecule has 0 atom stereocenters. The van der Waals surface area contributed by atoms with E-state index < -0.39 is 16.9 Å². The highest BCUT2D eigenvalue weighted by Gasteiger charge is 2.13. The summed E-state index contributed by atoms with van der Waals surface area (Å²) in [6.45, 7) is 0.0419. The Kier molecular flexibility index (Phi) is 4.81. The molecule has 0 saturated carbocycles. The van der Waals surface area contributed by atoms with E-state index in [1.807, 2.05) is 11.4 Å². The molecule has 22 heavy (non-hydrogen) atoms. The zero-order chi connectivity index (χ0) is 15.9. The van der Waals surface area contributed by atoms with Gasteiger partial charge in [0.1, 0.15) is 6.61 Å². The molecule has 0 fully saturated rings. The zero-order valence-electron chi connectivity index (χ0n) is 11.4. The normalized spacial score (nSPS) is 9.82. The van der Waals surface area contributed by atoms with Gasteiger partial charge in [-0.25, -0.2) is 4.79 Å². The lowest BCUT2D eigenvalue weighted by Gasteiger charge is -2.06. The van der Waals surface area contributed by atoms with E-state index in [4.69, 9.17) is 4.74 Å². The van der Waals surface area contributed by atoms with E-state index in [9.17, 15) is 19.7 Å². The number of carbonyl (C=O) groups is 2. The number of carbonyl (C=O) groups excluding carboxylic acids is 2. The van der Waals surface area contributed by atoms with Crippen molar-refractivity contribution >= 4 is 17.7 Å². The second-order valence-corrected chi connectivity index (χ2v) is 4.32. The van der Waals surface area contributed by atoms with Crippen molar-refractivity contribution in [2.75, 3.05) is 0 Å². The molecule has 7 heteroatoms. The first-order chi connectivity index (χ1) is 10.6. The number of hydrogen-bond donors (Lipinski definition) is 1. The van der Waals surface area contributed by atoms with E-state index in [1.54, 1.807) is 24.3 Å². The third-order valence-electron chi connectivity index (χ3n) is 2.77. The molecule has 2 rings (SSSR count). The molecule has 0 aromatic heterocycles. The summed E-state index contributed by atoms with van der Waals surface area (Å²) in [5.74, 6) is -0.687. The zero-order valence-corrected chi connectivity index (χ0v) is 11.4. The van der Waals surface area contributed by atoms with Gasteiger partial charge in [-0.3, -0.25) is 20.2 Å². The lowest BCUT2D eigenvalue weighted by molar-refractivity contribution is -0.384. The molecule has 0 aliphatic heterocycles. The molecule has 0 spiro atoms. The third kappa shape index (κ3) is 4.14. The summed E-state index contributed by atoms with van der Waals surface area (Å²) < 4.78 is 4.90. The minimum absolute atomic E-state index is 0.0419. The Morgan fingerprint density at radius 3 is 2.27 bits per heavy atom. The van der Waals surface area contributed by atoms with E-state index in [2.05, 4.69) is 0 Å². The summed E-state index contributed by atoms with van der Waals surface area (Å²) >= 11 is 0. The van der Waals surface area contributed by atoms with E-state index in [0.717, 1.165) is 5.56 Å². The largest absolute Gasteiger partial charge is 0.444 e. The number of ether oxygens (including phenoxy) is 1. The van der Waals surface area contributed by atoms with Crippen molar-refractivity contribution in [3.05, 3.63) is 75.8 Å². The summed E-state index contributed by atoms with van der Waals surface area (Å²) in [6, 6.07) is 13.9. The van der Waals surface area contributed by atoms with Gasteiger partial charge in [-0.2, -0.15) is 0 Å². The second kappa shape index (κ2) is 6.98. The van der Waals surface area contributed by atoms with Crippen molar-refractivity contribution in [2.24, 2.45) is 0 Å². The van der Waals surface area contributed by atoms with Crippen LogP contribution in [0.3, 0.4) is 0 Å². The Hall–Kier alpha value is -3.22. The van der Waals surface area contributed by atoms with E-state index in [0.29, 0.717) is 0 Å². The van der Waals surface area contributed by atoms with Crippen LogP contribution in [0.4, 0.5) is 10.5 Å². The highest BCUT2D eigenvalue weighted by molar-refractivity contribution is 6.02. The predicted octanol–water partition coefficient (Wildman–Crippen LogP) is 2.66. The summed E-state index contributed by atoms with van der Waals surface area (Å²) in [6.07, 6.45) is -0.882. The molecule has 2 aromatic rings. The minimum atomic E-state index is -0.882. The molecule has 0 saturated heterocycles. The van der Waals surface area contributed by atoms with Crippen LogP contribution >= 0.6 is 0 Å². The van der Waals surface area contributed by atoms with Gasteiger partial charge in [0.05, 0.1) is 4.92 Å². The Bertz CT molecular complexity index is 683. The van der Waals surface area contributed by atoms with Gasteiger partial charge in [-0.05, 0) is 17.7 Å². The number of hydrogen-bond acceptors (Lipinski definition) is 5. The Morgan fingerprint density at radius 1 is 1.05 bits per heavy atom. The first kappa shape index (κ1) is 15.2. The van der Waals surface area contributed by atoms with Crippen molar-refractivity contribution in [1.29, 1.82) is 0 Å². The van der Waals surface area contributed by atoms with Crippen LogP contribution in [0.1, 0.15) is 15.9 Å². The molecule has 0 bridgehead atoms. The van der Waals surface area contributed by atoms with Gasteiger partial charge in [0.15, 0.2) is 0 Å². The minimum Gasteiger partial charge on any atom is -0.444 e. The standard InChI is InChI=1S/C15H12N2O5/c18-14(12-6-8-13(9-7-12)17(20)21)16-15(19)22-10-11-4-2-1-3-5-11/h1-9H,10H2,(H,16,18,19). The molecule has 0 unspecified atom stereocenters. The molecule has 1 N–H and O–H groups in total. The van der Waals surface area contributed by atoms with Crippen LogP contribution in [-0.2, 0) is 11.3 Å². The van der Waals surface area contributed by atoms with Gasteiger partial charge >= 0.3 is 6.09 Å². The maximum Gasteiger partial charge on any atom is 0.414 e. The molecule has 2 amide bonds. The van der Waals surface area contributed by atoms with E-state index in [1.165, 1.54) is 24.3 Å². The van der Waals surface area contributed by atoms with Gasteiger partial charge < -0.3 is 4.74 Å². The topological polar surface area (TPSA) is 98.5 Å². The lowest BCUT2D eigenvalue weighted by atomic mass is 10.2. The van der Waals surface area contributed by atoms with Gasteiger partial charge in [0.2, 0.25) is 0 Å². The number of non-ortho nitro benzene ring substituents is 1. The summed E-state index contributed by atoms with van der Waals surface area (Å²) in [7, 11) is 0. The second-order valence-electron chi connectivity index (χ2n) is 4.32. The van der Waals surface area contributed by atoms with Crippen LogP contribution in [0.2, 0.25) is 0 Å². The highest BCUT2D eigenvalue weighted by atomic mass is 16.6. The maximum absolute atomic E-state index is 11.8. The fourth-order valence-corrected chi connectivity index (χ4v) is 1.66. The Morgan fingerprint density at radius 2 is 1.68 bits per heavy atom. The SMILES string of the molecule is O=C(NC(=O)c1ccc([N+](=O)[O-])cc1)OCc1ccccc1. The molecule has 0 heterocycles. The van der Waals surface area contributed by atoms with Crippen LogP contribution in [-0.4, -0.2) is 16.9 Å². The number of imide groups is 1. The summed E-state index contributed by atoms with van der Waals surface area (Å²) in [5, 5.41) is 12.6. The number of rotatable bonds is 4. The van der Waals surface area contributed by atoms with Crippen molar-refractivity contribution in [2.45, 2.75) is 6.61 Å². The van der Waals surface area contributed by atoms with Crippen LogP contribution in [0.25, 0.3) is 0 Å². The molecular formula is C15H12N2O5. The number of amides is 2. The fourth-order valence-electron chi connectivity index (χ4n) is 1.66. The van der Waals surface area contributed by atoms with Crippen LogP contribution < -0.4 is 5.32 Å². The molecule has 0 aliphatic rings. The van der Waals surface area contributed by atoms with Crippen molar-refractivity contribution in [3.8, 4) is 0 Å². The van der Waals surface area contributed by atoms with Crippen molar-refractivity contribution in [1.82, 2.24) is 5.32 Å². The molecule has 112 valence electrons. The maximum atomic E-state index is 11.8. The number of nitrogens with one attached hydrogen (secondary N) is 1. The molecule has 0 radical (unpaired) electrons. The number of alkyl carbamates (subject to hydrolysis) is 1. The quantitative estimate of drug-likeness (QED) is 0.691. The van der Waals surface area contributed by atoms with E-state index in [-0.39, 0.29) is 17.9 Å².